The van der Waals surface area contributed by atoms with Gasteiger partial charge in [-0.15, -0.1) is 0 Å². The number of pyridine rings is 1. The van der Waals surface area contributed by atoms with Crippen LogP contribution in [-0.2, 0) is 12.8 Å². The third kappa shape index (κ3) is 2.87. The zero-order chi connectivity index (χ0) is 12.3. The molecule has 2 rings (SSSR count). The molecule has 0 amide bonds. The quantitative estimate of drug-likeness (QED) is 0.789. The van der Waals surface area contributed by atoms with Crippen LogP contribution in [0.2, 0.25) is 0 Å². The van der Waals surface area contributed by atoms with Gasteiger partial charge in [-0.25, -0.2) is 0 Å². The minimum atomic E-state index is 0.231. The maximum absolute atomic E-state index is 9.75. The number of rotatable bonds is 3. The number of hydrogen-bond donors (Lipinski definition) is 1. The Morgan fingerprint density at radius 2 is 1.76 bits per heavy atom. The summed E-state index contributed by atoms with van der Waals surface area (Å²) >= 11 is 0. The molecular formula is C14H15BNO+. The van der Waals surface area contributed by atoms with E-state index in [9.17, 15) is 5.11 Å². The van der Waals surface area contributed by atoms with Gasteiger partial charge < -0.3 is 5.11 Å². The van der Waals surface area contributed by atoms with Gasteiger partial charge in [-0.2, -0.15) is 0 Å². The van der Waals surface area contributed by atoms with E-state index in [0.29, 0.717) is 0 Å². The van der Waals surface area contributed by atoms with E-state index in [2.05, 4.69) is 31.2 Å². The summed E-state index contributed by atoms with van der Waals surface area (Å²) < 4.78 is 1.35. The van der Waals surface area contributed by atoms with Crippen LogP contribution in [0.1, 0.15) is 23.6 Å². The molecule has 2 nitrogen and oxygen atoms in total. The lowest BCUT2D eigenvalue weighted by Crippen LogP contribution is -2.29. The molecule has 0 atom stereocenters. The second-order valence-electron chi connectivity index (χ2n) is 4.15. The van der Waals surface area contributed by atoms with Gasteiger partial charge in [0.25, 0.3) is 0 Å². The Morgan fingerprint density at radius 1 is 1.12 bits per heavy atom. The van der Waals surface area contributed by atoms with E-state index >= 15 is 0 Å². The number of aryl methyl sites for hydroxylation is 1. The minimum Gasteiger partial charge on any atom is -0.503 e. The Bertz CT molecular complexity index is 508. The van der Waals surface area contributed by atoms with Crippen molar-refractivity contribution in [3.63, 3.8) is 0 Å². The number of hydrogen-bond acceptors (Lipinski definition) is 1. The smallest absolute Gasteiger partial charge is 0.503 e. The van der Waals surface area contributed by atoms with Crippen LogP contribution in [0.3, 0.4) is 0 Å². The summed E-state index contributed by atoms with van der Waals surface area (Å²) in [7, 11) is 5.52. The van der Waals surface area contributed by atoms with Crippen molar-refractivity contribution in [2.75, 3.05) is 0 Å². The van der Waals surface area contributed by atoms with E-state index in [1.807, 2.05) is 6.07 Å². The summed E-state index contributed by atoms with van der Waals surface area (Å²) in [4.78, 5) is 0. The fourth-order valence-electron chi connectivity index (χ4n) is 1.79. The van der Waals surface area contributed by atoms with Gasteiger partial charge in [0.05, 0.1) is 0 Å². The van der Waals surface area contributed by atoms with Crippen molar-refractivity contribution in [3.05, 3.63) is 59.4 Å². The van der Waals surface area contributed by atoms with Crippen molar-refractivity contribution in [2.24, 2.45) is 0 Å². The SMILES string of the molecule is [B][n+]1ccc(Cc2ccc(CC)cc2)c(O)c1. The first kappa shape index (κ1) is 11.7. The monoisotopic (exact) mass is 224 g/mol. The molecule has 1 aromatic heterocycles. The Kier molecular flexibility index (Phi) is 3.47. The summed E-state index contributed by atoms with van der Waals surface area (Å²) in [6.45, 7) is 2.14. The highest BCUT2D eigenvalue weighted by Gasteiger charge is 2.06. The van der Waals surface area contributed by atoms with Crippen LogP contribution in [0.5, 0.6) is 5.75 Å². The second-order valence-corrected chi connectivity index (χ2v) is 4.15. The van der Waals surface area contributed by atoms with Gasteiger partial charge in [-0.1, -0.05) is 31.2 Å². The topological polar surface area (TPSA) is 24.1 Å². The van der Waals surface area contributed by atoms with Crippen molar-refractivity contribution < 1.29 is 9.58 Å². The summed E-state index contributed by atoms with van der Waals surface area (Å²) in [5.41, 5.74) is 3.40. The Labute approximate surface area is 103 Å². The maximum Gasteiger partial charge on any atom is 0.586 e. The van der Waals surface area contributed by atoms with Crippen LogP contribution in [0, 0.1) is 0 Å². The van der Waals surface area contributed by atoms with Crippen molar-refractivity contribution in [1.82, 2.24) is 0 Å². The molecule has 2 aromatic rings. The van der Waals surface area contributed by atoms with Crippen LogP contribution >= 0.6 is 0 Å². The molecule has 0 aliphatic heterocycles. The lowest BCUT2D eigenvalue weighted by atomic mass is 10.0. The van der Waals surface area contributed by atoms with Gasteiger partial charge in [0.1, 0.15) is 6.20 Å². The third-order valence-electron chi connectivity index (χ3n) is 2.87. The van der Waals surface area contributed by atoms with E-state index in [4.69, 9.17) is 7.98 Å². The zero-order valence-corrected chi connectivity index (χ0v) is 9.93. The molecule has 0 fully saturated rings. The van der Waals surface area contributed by atoms with E-state index in [0.717, 1.165) is 18.4 Å². The first-order chi connectivity index (χ1) is 8.19. The molecule has 84 valence electrons. The van der Waals surface area contributed by atoms with Gasteiger partial charge in [0.15, 0.2) is 11.9 Å². The fourth-order valence-corrected chi connectivity index (χ4v) is 1.79. The van der Waals surface area contributed by atoms with E-state index in [1.165, 1.54) is 21.8 Å². The Balaban J connectivity index is 2.19. The van der Waals surface area contributed by atoms with Crippen molar-refractivity contribution in [1.29, 1.82) is 0 Å². The molecule has 0 aliphatic carbocycles. The summed E-state index contributed by atoms with van der Waals surface area (Å²) in [6, 6.07) is 10.3. The van der Waals surface area contributed by atoms with Crippen LogP contribution in [0.25, 0.3) is 0 Å². The largest absolute Gasteiger partial charge is 0.586 e. The average molecular weight is 224 g/mol. The highest BCUT2D eigenvalue weighted by molar-refractivity contribution is 5.94. The van der Waals surface area contributed by atoms with Crippen LogP contribution in [0.15, 0.2) is 42.7 Å². The second kappa shape index (κ2) is 5.04. The fraction of sp³-hybridized carbons (Fsp3) is 0.214. The zero-order valence-electron chi connectivity index (χ0n) is 9.93. The van der Waals surface area contributed by atoms with E-state index in [1.54, 1.807) is 6.20 Å². The molecule has 17 heavy (non-hydrogen) atoms. The number of benzene rings is 1. The molecule has 3 heteroatoms. The molecule has 1 aromatic carbocycles. The maximum atomic E-state index is 9.75. The average Bonchev–Trinajstić information content (AvgIpc) is 2.34. The van der Waals surface area contributed by atoms with Crippen LogP contribution in [-0.4, -0.2) is 13.1 Å². The molecule has 0 bridgehead atoms. The molecule has 2 radical (unpaired) electrons. The van der Waals surface area contributed by atoms with Gasteiger partial charge in [0.2, 0.25) is 0 Å². The highest BCUT2D eigenvalue weighted by Crippen LogP contribution is 2.18. The molecule has 0 unspecified atom stereocenters. The predicted molar refractivity (Wildman–Crippen MR) is 68.1 cm³/mol. The molecule has 1 heterocycles. The molecule has 1 N–H and O–H groups in total. The van der Waals surface area contributed by atoms with Crippen molar-refractivity contribution in [2.45, 2.75) is 19.8 Å². The van der Waals surface area contributed by atoms with Crippen molar-refractivity contribution in [3.8, 4) is 5.75 Å². The number of aromatic nitrogens is 1. The normalized spacial score (nSPS) is 10.4. The highest BCUT2D eigenvalue weighted by atomic mass is 16.3. The molecule has 0 spiro atoms. The lowest BCUT2D eigenvalue weighted by Gasteiger charge is -2.04. The third-order valence-corrected chi connectivity index (χ3v) is 2.87. The summed E-state index contributed by atoms with van der Waals surface area (Å²) in [5, 5.41) is 9.75. The van der Waals surface area contributed by atoms with Gasteiger partial charge in [-0.05, 0) is 17.5 Å². The number of nitrogens with zero attached hydrogens (tertiary/aromatic N) is 1. The van der Waals surface area contributed by atoms with Crippen LogP contribution < -0.4 is 4.48 Å². The van der Waals surface area contributed by atoms with E-state index < -0.39 is 0 Å². The van der Waals surface area contributed by atoms with Crippen LogP contribution in [0.4, 0.5) is 0 Å². The Hall–Kier alpha value is -1.77. The minimum absolute atomic E-state index is 0.231. The Morgan fingerprint density at radius 3 is 2.35 bits per heavy atom. The molecular weight excluding hydrogens is 209 g/mol. The van der Waals surface area contributed by atoms with E-state index in [-0.39, 0.29) is 5.75 Å². The number of aromatic hydroxyl groups is 1. The molecule has 0 saturated carbocycles. The lowest BCUT2D eigenvalue weighted by molar-refractivity contribution is -0.522. The standard InChI is InChI=1S/C14H15BNO/c1-2-11-3-5-12(6-4-11)9-13-7-8-16(15)10-14(13)17/h3-8,10,17H,2,9H2,1H3/q+1. The summed E-state index contributed by atoms with van der Waals surface area (Å²) in [6.07, 6.45) is 5.01. The van der Waals surface area contributed by atoms with Crippen molar-refractivity contribution >= 4 is 7.98 Å². The van der Waals surface area contributed by atoms with Gasteiger partial charge in [0, 0.05) is 18.1 Å². The van der Waals surface area contributed by atoms with Gasteiger partial charge in [-0.3, -0.25) is 4.48 Å². The first-order valence-electron chi connectivity index (χ1n) is 5.75. The predicted octanol–water partition coefficient (Wildman–Crippen LogP) is 1.76. The van der Waals surface area contributed by atoms with Gasteiger partial charge >= 0.3 is 7.98 Å². The molecule has 0 aliphatic rings. The first-order valence-corrected chi connectivity index (χ1v) is 5.75. The summed E-state index contributed by atoms with van der Waals surface area (Å²) in [5.74, 6) is 0.231. The molecule has 0 saturated heterocycles.